The number of benzene rings is 3. The van der Waals surface area contributed by atoms with Gasteiger partial charge in [-0.3, -0.25) is 14.4 Å². The van der Waals surface area contributed by atoms with E-state index < -0.39 is 11.8 Å². The first-order chi connectivity index (χ1) is 15.5. The van der Waals surface area contributed by atoms with Crippen LogP contribution in [0.1, 0.15) is 11.1 Å². The van der Waals surface area contributed by atoms with Crippen LogP contribution in [0.25, 0.3) is 0 Å². The predicted octanol–water partition coefficient (Wildman–Crippen LogP) is 3.10. The standard InChI is InChI=1S/C24H22N4O4/c1-17-9-5-7-13-20(17)27-23(30)24(31)28-25-15-18-10-6-8-14-21(18)32-16-22(29)26-19-11-3-2-4-12-19/h2-15H,16H2,1H3,(H,26,29)(H,27,30)(H,28,31)/b25-15-. The number of hydrogen-bond acceptors (Lipinski definition) is 5. The highest BCUT2D eigenvalue weighted by Crippen LogP contribution is 2.16. The molecule has 3 N–H and O–H groups in total. The number of nitrogens with zero attached hydrogens (tertiary/aromatic N) is 1. The molecular formula is C24H22N4O4. The molecule has 0 aliphatic rings. The van der Waals surface area contributed by atoms with E-state index in [-0.39, 0.29) is 12.5 Å². The van der Waals surface area contributed by atoms with E-state index in [0.29, 0.717) is 22.7 Å². The lowest BCUT2D eigenvalue weighted by atomic mass is 10.2. The van der Waals surface area contributed by atoms with E-state index in [2.05, 4.69) is 21.2 Å². The average molecular weight is 430 g/mol. The second-order valence-corrected chi connectivity index (χ2v) is 6.71. The number of hydrogen-bond donors (Lipinski definition) is 3. The van der Waals surface area contributed by atoms with Crippen molar-refractivity contribution in [2.45, 2.75) is 6.92 Å². The average Bonchev–Trinajstić information content (AvgIpc) is 2.80. The van der Waals surface area contributed by atoms with Gasteiger partial charge in [0.2, 0.25) is 0 Å². The Kier molecular flexibility index (Phi) is 7.69. The summed E-state index contributed by atoms with van der Waals surface area (Å²) < 4.78 is 5.57. The minimum absolute atomic E-state index is 0.203. The van der Waals surface area contributed by atoms with Crippen molar-refractivity contribution in [1.82, 2.24) is 5.43 Å². The zero-order valence-electron chi connectivity index (χ0n) is 17.4. The van der Waals surface area contributed by atoms with Crippen molar-refractivity contribution in [3.05, 3.63) is 90.0 Å². The summed E-state index contributed by atoms with van der Waals surface area (Å²) in [5.74, 6) is -1.66. The smallest absolute Gasteiger partial charge is 0.329 e. The fourth-order valence-electron chi connectivity index (χ4n) is 2.68. The lowest BCUT2D eigenvalue weighted by molar-refractivity contribution is -0.136. The summed E-state index contributed by atoms with van der Waals surface area (Å²) >= 11 is 0. The summed E-state index contributed by atoms with van der Waals surface area (Å²) in [5.41, 5.74) is 4.75. The van der Waals surface area contributed by atoms with Crippen LogP contribution >= 0.6 is 0 Å². The molecule has 0 aliphatic heterocycles. The van der Waals surface area contributed by atoms with E-state index in [0.717, 1.165) is 5.56 Å². The number of ether oxygens (including phenoxy) is 1. The van der Waals surface area contributed by atoms with Crippen molar-refractivity contribution in [1.29, 1.82) is 0 Å². The van der Waals surface area contributed by atoms with Crippen LogP contribution < -0.4 is 20.8 Å². The highest BCUT2D eigenvalue weighted by molar-refractivity contribution is 6.39. The molecule has 0 unspecified atom stereocenters. The molecule has 3 rings (SSSR count). The number of rotatable bonds is 7. The molecule has 8 heteroatoms. The third-order valence-electron chi connectivity index (χ3n) is 4.30. The molecule has 3 aromatic rings. The fraction of sp³-hybridized carbons (Fsp3) is 0.0833. The van der Waals surface area contributed by atoms with Crippen molar-refractivity contribution in [2.75, 3.05) is 17.2 Å². The van der Waals surface area contributed by atoms with Crippen LogP contribution in [0.4, 0.5) is 11.4 Å². The van der Waals surface area contributed by atoms with Gasteiger partial charge in [-0.1, -0.05) is 48.5 Å². The Labute approximate surface area is 185 Å². The van der Waals surface area contributed by atoms with Crippen molar-refractivity contribution < 1.29 is 19.1 Å². The molecule has 0 saturated carbocycles. The molecule has 162 valence electrons. The Hall–Kier alpha value is -4.46. The molecule has 0 radical (unpaired) electrons. The first-order valence-electron chi connectivity index (χ1n) is 9.79. The highest BCUT2D eigenvalue weighted by atomic mass is 16.5. The van der Waals surface area contributed by atoms with Crippen LogP contribution in [-0.2, 0) is 14.4 Å². The second kappa shape index (κ2) is 11.1. The molecule has 0 heterocycles. The number of anilines is 2. The summed E-state index contributed by atoms with van der Waals surface area (Å²) in [4.78, 5) is 36.1. The van der Waals surface area contributed by atoms with Gasteiger partial charge in [0.05, 0.1) is 6.21 Å². The number of hydrazone groups is 1. The monoisotopic (exact) mass is 430 g/mol. The molecule has 0 fully saturated rings. The molecule has 3 amide bonds. The van der Waals surface area contributed by atoms with E-state index in [1.807, 2.05) is 37.3 Å². The molecule has 0 spiro atoms. The molecule has 0 saturated heterocycles. The third kappa shape index (κ3) is 6.53. The number of carbonyl (C=O) groups excluding carboxylic acids is 3. The minimum atomic E-state index is -0.912. The normalized spacial score (nSPS) is 10.4. The maximum Gasteiger partial charge on any atom is 0.329 e. The first kappa shape index (κ1) is 22.2. The molecule has 0 aliphatic carbocycles. The lowest BCUT2D eigenvalue weighted by Crippen LogP contribution is -2.32. The first-order valence-corrected chi connectivity index (χ1v) is 9.79. The van der Waals surface area contributed by atoms with E-state index in [1.165, 1.54) is 6.21 Å². The number of aryl methyl sites for hydroxylation is 1. The van der Waals surface area contributed by atoms with Gasteiger partial charge >= 0.3 is 11.8 Å². The van der Waals surface area contributed by atoms with Gasteiger partial charge in [0.25, 0.3) is 5.91 Å². The molecule has 8 nitrogen and oxygen atoms in total. The van der Waals surface area contributed by atoms with Gasteiger partial charge in [0, 0.05) is 16.9 Å². The minimum Gasteiger partial charge on any atom is -0.483 e. The largest absolute Gasteiger partial charge is 0.483 e. The van der Waals surface area contributed by atoms with Crippen molar-refractivity contribution in [3.63, 3.8) is 0 Å². The van der Waals surface area contributed by atoms with E-state index in [9.17, 15) is 14.4 Å². The molecule has 0 aromatic heterocycles. The summed E-state index contributed by atoms with van der Waals surface area (Å²) in [7, 11) is 0. The van der Waals surface area contributed by atoms with Crippen molar-refractivity contribution >= 4 is 35.3 Å². The molecule has 32 heavy (non-hydrogen) atoms. The number of para-hydroxylation sites is 3. The van der Waals surface area contributed by atoms with Crippen LogP contribution in [-0.4, -0.2) is 30.5 Å². The van der Waals surface area contributed by atoms with Crippen molar-refractivity contribution in [2.24, 2.45) is 5.10 Å². The van der Waals surface area contributed by atoms with E-state index in [1.54, 1.807) is 48.5 Å². The van der Waals surface area contributed by atoms with Gasteiger partial charge in [-0.25, -0.2) is 5.43 Å². The van der Waals surface area contributed by atoms with E-state index >= 15 is 0 Å². The number of nitrogens with one attached hydrogen (secondary N) is 3. The van der Waals surface area contributed by atoms with Gasteiger partial charge in [-0.05, 0) is 42.8 Å². The Balaban J connectivity index is 1.53. The molecule has 0 atom stereocenters. The van der Waals surface area contributed by atoms with Gasteiger partial charge in [-0.2, -0.15) is 5.10 Å². The zero-order valence-corrected chi connectivity index (χ0v) is 17.4. The summed E-state index contributed by atoms with van der Waals surface area (Å²) in [5, 5.41) is 9.07. The number of amides is 3. The highest BCUT2D eigenvalue weighted by Gasteiger charge is 2.14. The van der Waals surface area contributed by atoms with Crippen LogP contribution in [0.2, 0.25) is 0 Å². The Morgan fingerprint density at radius 1 is 0.844 bits per heavy atom. The van der Waals surface area contributed by atoms with Crippen molar-refractivity contribution in [3.8, 4) is 5.75 Å². The predicted molar refractivity (Wildman–Crippen MR) is 123 cm³/mol. The quantitative estimate of drug-likeness (QED) is 0.304. The molecule has 3 aromatic carbocycles. The van der Waals surface area contributed by atoms with Crippen LogP contribution in [0.15, 0.2) is 84.0 Å². The van der Waals surface area contributed by atoms with Gasteiger partial charge in [0.1, 0.15) is 5.75 Å². The topological polar surface area (TPSA) is 109 Å². The zero-order chi connectivity index (χ0) is 22.8. The van der Waals surface area contributed by atoms with Crippen LogP contribution in [0, 0.1) is 6.92 Å². The van der Waals surface area contributed by atoms with E-state index in [4.69, 9.17) is 4.74 Å². The number of carbonyl (C=O) groups is 3. The Morgan fingerprint density at radius 3 is 2.31 bits per heavy atom. The fourth-order valence-corrected chi connectivity index (χ4v) is 2.68. The van der Waals surface area contributed by atoms with Crippen LogP contribution in [0.3, 0.4) is 0 Å². The van der Waals surface area contributed by atoms with Gasteiger partial charge in [0.15, 0.2) is 6.61 Å². The summed E-state index contributed by atoms with van der Waals surface area (Å²) in [6, 6.07) is 23.0. The summed E-state index contributed by atoms with van der Waals surface area (Å²) in [6.45, 7) is 1.62. The molecular weight excluding hydrogens is 408 g/mol. The Morgan fingerprint density at radius 2 is 1.53 bits per heavy atom. The van der Waals surface area contributed by atoms with Crippen LogP contribution in [0.5, 0.6) is 5.75 Å². The van der Waals surface area contributed by atoms with Gasteiger partial charge < -0.3 is 15.4 Å². The maximum atomic E-state index is 12.1. The molecule has 0 bridgehead atoms. The van der Waals surface area contributed by atoms with Gasteiger partial charge in [-0.15, -0.1) is 0 Å². The SMILES string of the molecule is Cc1ccccc1NC(=O)C(=O)N/N=C\c1ccccc1OCC(=O)Nc1ccccc1. The Bertz CT molecular complexity index is 1130. The summed E-state index contributed by atoms with van der Waals surface area (Å²) in [6.07, 6.45) is 1.34. The maximum absolute atomic E-state index is 12.1. The third-order valence-corrected chi connectivity index (χ3v) is 4.30. The second-order valence-electron chi connectivity index (χ2n) is 6.71. The lowest BCUT2D eigenvalue weighted by Gasteiger charge is -2.09.